The Morgan fingerprint density at radius 3 is 2.19 bits per heavy atom. The van der Waals surface area contributed by atoms with E-state index in [-0.39, 0.29) is 11.3 Å². The Morgan fingerprint density at radius 1 is 1.15 bits per heavy atom. The normalized spacial score (nSPS) is 12.7. The SMILES string of the molecule is C=C(C)C(=O)Oc1cccc(OS(=O)(=O)N(C)OS(=O)(=O)C(F)(F)F)c1. The van der Waals surface area contributed by atoms with Crippen LogP contribution in [-0.4, -0.2) is 39.8 Å². The van der Waals surface area contributed by atoms with Crippen LogP contribution in [0.15, 0.2) is 36.4 Å². The van der Waals surface area contributed by atoms with Gasteiger partial charge in [-0.05, 0) is 23.5 Å². The van der Waals surface area contributed by atoms with Gasteiger partial charge in [-0.1, -0.05) is 12.6 Å². The molecule has 1 rings (SSSR count). The molecule has 0 heterocycles. The summed E-state index contributed by atoms with van der Waals surface area (Å²) in [5.41, 5.74) is -5.79. The number of hydrogen-bond donors (Lipinski definition) is 0. The van der Waals surface area contributed by atoms with E-state index in [1.807, 2.05) is 0 Å². The van der Waals surface area contributed by atoms with Crippen molar-refractivity contribution in [2.45, 2.75) is 12.4 Å². The van der Waals surface area contributed by atoms with E-state index in [0.717, 1.165) is 12.1 Å². The molecule has 0 radical (unpaired) electrons. The molecule has 0 bridgehead atoms. The summed E-state index contributed by atoms with van der Waals surface area (Å²) in [5, 5.41) is 0. The average Bonchev–Trinajstić information content (AvgIpc) is 2.45. The van der Waals surface area contributed by atoms with Crippen molar-refractivity contribution >= 4 is 26.4 Å². The van der Waals surface area contributed by atoms with Gasteiger partial charge in [0.1, 0.15) is 11.5 Å². The van der Waals surface area contributed by atoms with Crippen molar-refractivity contribution in [3.63, 3.8) is 0 Å². The number of hydrogen-bond acceptors (Lipinski definition) is 8. The molecule has 0 N–H and O–H groups in total. The number of nitrogens with zero attached hydrogens (tertiary/aromatic N) is 1. The van der Waals surface area contributed by atoms with E-state index in [0.29, 0.717) is 7.05 Å². The topological polar surface area (TPSA) is 116 Å². The van der Waals surface area contributed by atoms with Gasteiger partial charge in [-0.2, -0.15) is 34.3 Å². The van der Waals surface area contributed by atoms with Crippen molar-refractivity contribution in [2.75, 3.05) is 7.05 Å². The minimum atomic E-state index is -6.22. The molecule has 0 spiro atoms. The van der Waals surface area contributed by atoms with E-state index >= 15 is 0 Å². The molecule has 0 unspecified atom stereocenters. The zero-order valence-corrected chi connectivity index (χ0v) is 14.8. The minimum absolute atomic E-state index is 0.0504. The number of carbonyl (C=O) groups excluding carboxylic acids is 1. The Morgan fingerprint density at radius 2 is 1.69 bits per heavy atom. The third-order valence-electron chi connectivity index (χ3n) is 2.37. The third-order valence-corrected chi connectivity index (χ3v) is 4.56. The monoisotopic (exact) mass is 419 g/mol. The smallest absolute Gasteiger partial charge is 0.423 e. The maximum absolute atomic E-state index is 12.2. The maximum Gasteiger partial charge on any atom is 0.524 e. The highest BCUT2D eigenvalue weighted by Crippen LogP contribution is 2.27. The van der Waals surface area contributed by atoms with Gasteiger partial charge in [0.25, 0.3) is 0 Å². The molecule has 1 aromatic rings. The van der Waals surface area contributed by atoms with Crippen molar-refractivity contribution in [1.29, 1.82) is 0 Å². The molecular formula is C12H12F3NO8S2. The minimum Gasteiger partial charge on any atom is -0.423 e. The molecule has 0 amide bonds. The molecule has 0 aliphatic carbocycles. The van der Waals surface area contributed by atoms with Gasteiger partial charge in [0.05, 0.1) is 0 Å². The van der Waals surface area contributed by atoms with Crippen LogP contribution >= 0.6 is 0 Å². The number of alkyl halides is 3. The van der Waals surface area contributed by atoms with Crippen LogP contribution in [0.4, 0.5) is 13.2 Å². The van der Waals surface area contributed by atoms with Crippen LogP contribution in [0, 0.1) is 0 Å². The summed E-state index contributed by atoms with van der Waals surface area (Å²) >= 11 is 0. The summed E-state index contributed by atoms with van der Waals surface area (Å²) < 4.78 is 93.9. The Balaban J connectivity index is 2.97. The van der Waals surface area contributed by atoms with Crippen molar-refractivity contribution in [3.05, 3.63) is 36.4 Å². The van der Waals surface area contributed by atoms with Crippen molar-refractivity contribution in [1.82, 2.24) is 4.47 Å². The first kappa shape index (κ1) is 21.9. The highest BCUT2D eigenvalue weighted by atomic mass is 32.2. The van der Waals surface area contributed by atoms with Gasteiger partial charge in [0, 0.05) is 18.7 Å². The fourth-order valence-corrected chi connectivity index (χ4v) is 2.53. The second-order valence-electron chi connectivity index (χ2n) is 4.57. The Bertz CT molecular complexity index is 909. The van der Waals surface area contributed by atoms with Gasteiger partial charge < -0.3 is 8.92 Å². The summed E-state index contributed by atoms with van der Waals surface area (Å²) in [6, 6.07) is 4.44. The highest BCUT2D eigenvalue weighted by molar-refractivity contribution is 7.89. The van der Waals surface area contributed by atoms with Gasteiger partial charge in [-0.15, -0.1) is 0 Å². The molecule has 9 nitrogen and oxygen atoms in total. The zero-order chi connectivity index (χ0) is 20.3. The molecule has 0 aliphatic heterocycles. The number of halogens is 3. The molecule has 0 aromatic heterocycles. The summed E-state index contributed by atoms with van der Waals surface area (Å²) in [7, 11) is -10.9. The summed E-state index contributed by atoms with van der Waals surface area (Å²) in [6.07, 6.45) is 0. The summed E-state index contributed by atoms with van der Waals surface area (Å²) in [6.45, 7) is 4.70. The standard InChI is InChI=1S/C12H12F3NO8S2/c1-8(2)11(17)22-9-5-4-6-10(7-9)23-26(20,21)16(3)24-25(18,19)12(13,14)15/h4-7H,1H2,2-3H3. The lowest BCUT2D eigenvalue weighted by Crippen LogP contribution is -2.37. The number of benzene rings is 1. The predicted molar refractivity (Wildman–Crippen MR) is 80.3 cm³/mol. The van der Waals surface area contributed by atoms with E-state index in [1.165, 1.54) is 19.1 Å². The zero-order valence-electron chi connectivity index (χ0n) is 13.2. The second kappa shape index (κ2) is 7.61. The van der Waals surface area contributed by atoms with Gasteiger partial charge in [0.2, 0.25) is 0 Å². The molecular weight excluding hydrogens is 407 g/mol. The lowest BCUT2D eigenvalue weighted by Gasteiger charge is -2.17. The van der Waals surface area contributed by atoms with Crippen LogP contribution in [0.1, 0.15) is 6.92 Å². The summed E-state index contributed by atoms with van der Waals surface area (Å²) in [5.74, 6) is -1.46. The third kappa shape index (κ3) is 5.69. The molecule has 26 heavy (non-hydrogen) atoms. The van der Waals surface area contributed by atoms with Gasteiger partial charge in [-0.25, -0.2) is 4.79 Å². The first-order valence-electron chi connectivity index (χ1n) is 6.32. The molecule has 0 fully saturated rings. The van der Waals surface area contributed by atoms with Crippen LogP contribution in [0.25, 0.3) is 0 Å². The Kier molecular flexibility index (Phi) is 6.40. The van der Waals surface area contributed by atoms with Gasteiger partial charge >= 0.3 is 31.9 Å². The van der Waals surface area contributed by atoms with E-state index in [4.69, 9.17) is 4.74 Å². The highest BCUT2D eigenvalue weighted by Gasteiger charge is 2.50. The molecule has 1 aromatic carbocycles. The van der Waals surface area contributed by atoms with E-state index in [1.54, 1.807) is 0 Å². The maximum atomic E-state index is 12.2. The Hall–Kier alpha value is -2.16. The first-order chi connectivity index (χ1) is 11.7. The molecule has 14 heteroatoms. The number of hydroxylamine groups is 1. The van der Waals surface area contributed by atoms with Crippen LogP contribution in [-0.2, 0) is 29.5 Å². The number of carbonyl (C=O) groups is 1. The van der Waals surface area contributed by atoms with E-state index < -0.39 is 42.1 Å². The van der Waals surface area contributed by atoms with Crippen LogP contribution in [0.5, 0.6) is 11.5 Å². The largest absolute Gasteiger partial charge is 0.524 e. The summed E-state index contributed by atoms with van der Waals surface area (Å²) in [4.78, 5) is 11.4. The van der Waals surface area contributed by atoms with E-state index in [9.17, 15) is 34.8 Å². The molecule has 0 aliphatic rings. The number of ether oxygens (including phenoxy) is 1. The molecule has 0 saturated heterocycles. The lowest BCUT2D eigenvalue weighted by molar-refractivity contribution is -0.130. The lowest BCUT2D eigenvalue weighted by atomic mass is 10.3. The van der Waals surface area contributed by atoms with Crippen molar-refractivity contribution in [2.24, 2.45) is 0 Å². The van der Waals surface area contributed by atoms with Crippen LogP contribution in [0.2, 0.25) is 0 Å². The number of esters is 1. The van der Waals surface area contributed by atoms with Gasteiger partial charge in [-0.3, -0.25) is 0 Å². The van der Waals surface area contributed by atoms with Crippen molar-refractivity contribution < 1.29 is 48.0 Å². The molecule has 0 saturated carbocycles. The van der Waals surface area contributed by atoms with Crippen LogP contribution in [0.3, 0.4) is 0 Å². The Labute approximate surface area is 146 Å². The molecule has 0 atom stereocenters. The predicted octanol–water partition coefficient (Wildman–Crippen LogP) is 1.50. The van der Waals surface area contributed by atoms with Crippen molar-refractivity contribution in [3.8, 4) is 11.5 Å². The number of rotatable bonds is 7. The fourth-order valence-electron chi connectivity index (χ4n) is 1.18. The average molecular weight is 419 g/mol. The first-order valence-corrected chi connectivity index (χ1v) is 9.10. The quantitative estimate of drug-likeness (QED) is 0.215. The van der Waals surface area contributed by atoms with E-state index in [2.05, 4.69) is 15.0 Å². The fraction of sp³-hybridized carbons (Fsp3) is 0.250. The van der Waals surface area contributed by atoms with Gasteiger partial charge in [0.15, 0.2) is 0 Å². The second-order valence-corrected chi connectivity index (χ2v) is 7.63. The van der Waals surface area contributed by atoms with Crippen LogP contribution < -0.4 is 8.92 Å². The molecule has 146 valence electrons.